The van der Waals surface area contributed by atoms with E-state index in [-0.39, 0.29) is 5.82 Å². The molecule has 4 heteroatoms. The first kappa shape index (κ1) is 12.0. The van der Waals surface area contributed by atoms with E-state index in [1.807, 2.05) is 6.07 Å². The van der Waals surface area contributed by atoms with E-state index in [0.29, 0.717) is 23.5 Å². The molecule has 1 aromatic rings. The number of hydrogen-bond donors (Lipinski definition) is 0. The van der Waals surface area contributed by atoms with E-state index in [1.165, 1.54) is 12.1 Å². The van der Waals surface area contributed by atoms with Crippen LogP contribution in [0.2, 0.25) is 0 Å². The number of benzene rings is 1. The molecule has 0 saturated heterocycles. The molecule has 0 fully saturated rings. The number of ether oxygens (including phenoxy) is 1. The van der Waals surface area contributed by atoms with Crippen molar-refractivity contribution >= 4 is 11.8 Å². The van der Waals surface area contributed by atoms with E-state index in [0.717, 1.165) is 5.75 Å². The Morgan fingerprint density at radius 3 is 3.00 bits per heavy atom. The second kappa shape index (κ2) is 6.44. The first-order chi connectivity index (χ1) is 7.27. The Bertz CT molecular complexity index is 362. The molecule has 0 aliphatic rings. The van der Waals surface area contributed by atoms with Crippen LogP contribution in [0.3, 0.4) is 0 Å². The fraction of sp³-hybridized carbons (Fsp3) is 0.364. The van der Waals surface area contributed by atoms with Crippen molar-refractivity contribution < 1.29 is 9.13 Å². The van der Waals surface area contributed by atoms with Crippen LogP contribution in [-0.4, -0.2) is 19.5 Å². The van der Waals surface area contributed by atoms with Crippen molar-refractivity contribution in [3.05, 3.63) is 35.1 Å². The van der Waals surface area contributed by atoms with Crippen LogP contribution in [0.25, 0.3) is 0 Å². The standard InChI is InChI=1S/C11H12FNOS/c1-14-4-5-15-8-10-6-9(7-13)2-3-11(10)12/h2-3,6H,4-5,8H2,1H3. The van der Waals surface area contributed by atoms with Crippen molar-refractivity contribution in [3.8, 4) is 6.07 Å². The highest BCUT2D eigenvalue weighted by molar-refractivity contribution is 7.98. The van der Waals surface area contributed by atoms with Crippen LogP contribution in [-0.2, 0) is 10.5 Å². The van der Waals surface area contributed by atoms with E-state index in [4.69, 9.17) is 10.00 Å². The molecule has 0 atom stereocenters. The van der Waals surface area contributed by atoms with Gasteiger partial charge in [0.15, 0.2) is 0 Å². The molecule has 0 heterocycles. The van der Waals surface area contributed by atoms with Crippen LogP contribution in [0.5, 0.6) is 0 Å². The fourth-order valence-corrected chi connectivity index (χ4v) is 1.95. The molecule has 0 radical (unpaired) electrons. The van der Waals surface area contributed by atoms with Gasteiger partial charge in [-0.25, -0.2) is 4.39 Å². The zero-order valence-electron chi connectivity index (χ0n) is 8.50. The molecule has 0 amide bonds. The van der Waals surface area contributed by atoms with E-state index in [1.54, 1.807) is 24.9 Å². The van der Waals surface area contributed by atoms with Crippen LogP contribution in [0.4, 0.5) is 4.39 Å². The Morgan fingerprint density at radius 2 is 2.33 bits per heavy atom. The van der Waals surface area contributed by atoms with Crippen LogP contribution >= 0.6 is 11.8 Å². The highest BCUT2D eigenvalue weighted by Gasteiger charge is 2.03. The average molecular weight is 225 g/mol. The summed E-state index contributed by atoms with van der Waals surface area (Å²) in [6, 6.07) is 6.41. The smallest absolute Gasteiger partial charge is 0.127 e. The first-order valence-electron chi connectivity index (χ1n) is 4.53. The predicted octanol–water partition coefficient (Wildman–Crippen LogP) is 2.58. The third kappa shape index (κ3) is 3.90. The molecule has 15 heavy (non-hydrogen) atoms. The van der Waals surface area contributed by atoms with Crippen LogP contribution in [0.1, 0.15) is 11.1 Å². The van der Waals surface area contributed by atoms with Gasteiger partial charge in [-0.15, -0.1) is 0 Å². The van der Waals surface area contributed by atoms with Gasteiger partial charge in [0, 0.05) is 18.6 Å². The second-order valence-electron chi connectivity index (χ2n) is 2.96. The maximum atomic E-state index is 13.3. The van der Waals surface area contributed by atoms with Gasteiger partial charge in [0.2, 0.25) is 0 Å². The van der Waals surface area contributed by atoms with E-state index < -0.39 is 0 Å². The number of thioether (sulfide) groups is 1. The molecule has 0 aliphatic carbocycles. The number of methoxy groups -OCH3 is 1. The monoisotopic (exact) mass is 225 g/mol. The topological polar surface area (TPSA) is 33.0 Å². The summed E-state index contributed by atoms with van der Waals surface area (Å²) in [7, 11) is 1.64. The Hall–Kier alpha value is -1.05. The lowest BCUT2D eigenvalue weighted by Gasteiger charge is -2.03. The minimum absolute atomic E-state index is 0.251. The minimum Gasteiger partial charge on any atom is -0.384 e. The van der Waals surface area contributed by atoms with Crippen molar-refractivity contribution in [2.45, 2.75) is 5.75 Å². The first-order valence-corrected chi connectivity index (χ1v) is 5.68. The van der Waals surface area contributed by atoms with Gasteiger partial charge in [-0.1, -0.05) is 0 Å². The molecular formula is C11H12FNOS. The van der Waals surface area contributed by atoms with Crippen molar-refractivity contribution in [1.82, 2.24) is 0 Å². The fourth-order valence-electron chi connectivity index (χ4n) is 1.08. The zero-order valence-corrected chi connectivity index (χ0v) is 9.31. The Kier molecular flexibility index (Phi) is 5.16. The van der Waals surface area contributed by atoms with Gasteiger partial charge >= 0.3 is 0 Å². The molecular weight excluding hydrogens is 213 g/mol. The van der Waals surface area contributed by atoms with Gasteiger partial charge in [0.05, 0.1) is 18.2 Å². The van der Waals surface area contributed by atoms with E-state index in [2.05, 4.69) is 0 Å². The maximum Gasteiger partial charge on any atom is 0.127 e. The third-order valence-corrected chi connectivity index (χ3v) is 2.83. The summed E-state index contributed by atoms with van der Waals surface area (Å²) in [5.74, 6) is 1.15. The summed E-state index contributed by atoms with van der Waals surface area (Å²) >= 11 is 1.59. The lowest BCUT2D eigenvalue weighted by Crippen LogP contribution is -1.94. The number of halogens is 1. The van der Waals surface area contributed by atoms with Crippen molar-refractivity contribution in [1.29, 1.82) is 5.26 Å². The van der Waals surface area contributed by atoms with Crippen LogP contribution < -0.4 is 0 Å². The number of rotatable bonds is 5. The van der Waals surface area contributed by atoms with Gasteiger partial charge in [0.1, 0.15) is 5.82 Å². The van der Waals surface area contributed by atoms with E-state index in [9.17, 15) is 4.39 Å². The lowest BCUT2D eigenvalue weighted by atomic mass is 10.1. The Balaban J connectivity index is 2.56. The quantitative estimate of drug-likeness (QED) is 0.722. The molecule has 0 saturated carbocycles. The van der Waals surface area contributed by atoms with E-state index >= 15 is 0 Å². The summed E-state index contributed by atoms with van der Waals surface area (Å²) in [6.07, 6.45) is 0. The maximum absolute atomic E-state index is 13.3. The summed E-state index contributed by atoms with van der Waals surface area (Å²) in [6.45, 7) is 0.657. The van der Waals surface area contributed by atoms with Crippen LogP contribution in [0, 0.1) is 17.1 Å². The molecule has 80 valence electrons. The van der Waals surface area contributed by atoms with Crippen LogP contribution in [0.15, 0.2) is 18.2 Å². The number of hydrogen-bond acceptors (Lipinski definition) is 3. The van der Waals surface area contributed by atoms with Gasteiger partial charge < -0.3 is 4.74 Å². The molecule has 0 unspecified atom stereocenters. The predicted molar refractivity (Wildman–Crippen MR) is 59.2 cm³/mol. The average Bonchev–Trinajstić information content (AvgIpc) is 2.26. The molecule has 1 rings (SSSR count). The zero-order chi connectivity index (χ0) is 11.1. The summed E-state index contributed by atoms with van der Waals surface area (Å²) in [4.78, 5) is 0. The van der Waals surface area contributed by atoms with Crippen molar-refractivity contribution in [2.24, 2.45) is 0 Å². The highest BCUT2D eigenvalue weighted by atomic mass is 32.2. The lowest BCUT2D eigenvalue weighted by molar-refractivity contribution is 0.218. The molecule has 0 aliphatic heterocycles. The molecule has 2 nitrogen and oxygen atoms in total. The molecule has 0 bridgehead atoms. The Labute approximate surface area is 93.1 Å². The van der Waals surface area contributed by atoms with Gasteiger partial charge in [-0.05, 0) is 23.8 Å². The van der Waals surface area contributed by atoms with Gasteiger partial charge in [0.25, 0.3) is 0 Å². The van der Waals surface area contributed by atoms with Gasteiger partial charge in [-0.3, -0.25) is 0 Å². The summed E-state index contributed by atoms with van der Waals surface area (Å²) < 4.78 is 18.1. The highest BCUT2D eigenvalue weighted by Crippen LogP contribution is 2.16. The summed E-state index contributed by atoms with van der Waals surface area (Å²) in [5, 5.41) is 8.66. The SMILES string of the molecule is COCCSCc1cc(C#N)ccc1F. The second-order valence-corrected chi connectivity index (χ2v) is 4.07. The third-order valence-electron chi connectivity index (χ3n) is 1.86. The largest absolute Gasteiger partial charge is 0.384 e. The number of nitriles is 1. The summed E-state index contributed by atoms with van der Waals surface area (Å²) in [5.41, 5.74) is 1.08. The molecule has 0 spiro atoms. The molecule has 1 aromatic carbocycles. The Morgan fingerprint density at radius 1 is 1.53 bits per heavy atom. The molecule has 0 N–H and O–H groups in total. The minimum atomic E-state index is -0.251. The van der Waals surface area contributed by atoms with Crippen molar-refractivity contribution in [3.63, 3.8) is 0 Å². The molecule has 0 aromatic heterocycles. The van der Waals surface area contributed by atoms with Crippen molar-refractivity contribution in [2.75, 3.05) is 19.5 Å². The van der Waals surface area contributed by atoms with Gasteiger partial charge in [-0.2, -0.15) is 17.0 Å². The number of nitrogens with zero attached hydrogens (tertiary/aromatic N) is 1. The normalized spacial score (nSPS) is 9.93.